The molecule has 0 saturated carbocycles. The van der Waals surface area contributed by atoms with Gasteiger partial charge in [0.2, 0.25) is 0 Å². The van der Waals surface area contributed by atoms with E-state index in [1.165, 1.54) is 24.3 Å². The van der Waals surface area contributed by atoms with Gasteiger partial charge in [-0.1, -0.05) is 6.07 Å². The highest BCUT2D eigenvalue weighted by molar-refractivity contribution is 6.07. The number of benzene rings is 2. The number of aliphatic hydroxyl groups is 1. The van der Waals surface area contributed by atoms with Gasteiger partial charge in [-0.3, -0.25) is 9.69 Å². The summed E-state index contributed by atoms with van der Waals surface area (Å²) in [6.45, 7) is 2.04. The summed E-state index contributed by atoms with van der Waals surface area (Å²) in [5.74, 6) is 0.559. The molecule has 2 atom stereocenters. The summed E-state index contributed by atoms with van der Waals surface area (Å²) in [4.78, 5) is 26.4. The highest BCUT2D eigenvalue weighted by atomic mass is 19.1. The van der Waals surface area contributed by atoms with E-state index in [4.69, 9.17) is 14.2 Å². The van der Waals surface area contributed by atoms with E-state index < -0.39 is 29.4 Å². The second-order valence-corrected chi connectivity index (χ2v) is 7.25. The average molecular weight is 416 g/mol. The molecule has 2 aromatic rings. The number of nitrogens with one attached hydrogen (secondary N) is 1. The largest absolute Gasteiger partial charge is 0.491 e. The topological polar surface area (TPSA) is 97.3 Å². The predicted octanol–water partition coefficient (Wildman–Crippen LogP) is 1.80. The number of hydrogen-bond acceptors (Lipinski definition) is 6. The lowest BCUT2D eigenvalue weighted by molar-refractivity contribution is -0.132. The van der Waals surface area contributed by atoms with Crippen LogP contribution < -0.4 is 19.5 Å². The van der Waals surface area contributed by atoms with Crippen LogP contribution >= 0.6 is 0 Å². The molecule has 2 N–H and O–H groups in total. The lowest BCUT2D eigenvalue weighted by Gasteiger charge is -2.25. The molecule has 2 aromatic carbocycles. The predicted molar refractivity (Wildman–Crippen MR) is 103 cm³/mol. The Morgan fingerprint density at radius 1 is 1.17 bits per heavy atom. The normalized spacial score (nSPS) is 21.4. The summed E-state index contributed by atoms with van der Waals surface area (Å²) < 4.78 is 29.4. The van der Waals surface area contributed by atoms with E-state index in [0.29, 0.717) is 36.0 Å². The van der Waals surface area contributed by atoms with Gasteiger partial charge in [0.25, 0.3) is 5.91 Å². The molecule has 2 aliphatic rings. The fraction of sp³-hybridized carbons (Fsp3) is 0.333. The molecule has 4 rings (SSSR count). The van der Waals surface area contributed by atoms with Crippen LogP contribution in [0, 0.1) is 5.82 Å². The first kappa shape index (κ1) is 20.0. The molecule has 0 bridgehead atoms. The van der Waals surface area contributed by atoms with Gasteiger partial charge in [-0.15, -0.1) is 0 Å². The quantitative estimate of drug-likeness (QED) is 0.697. The molecular formula is C21H21FN2O6. The molecule has 0 aliphatic carbocycles. The van der Waals surface area contributed by atoms with Crippen LogP contribution in [-0.4, -0.2) is 54.4 Å². The van der Waals surface area contributed by atoms with E-state index in [0.717, 1.165) is 4.90 Å². The minimum Gasteiger partial charge on any atom is -0.491 e. The van der Waals surface area contributed by atoms with Gasteiger partial charge in [0.05, 0.1) is 6.54 Å². The minimum atomic E-state index is -1.30. The Balaban J connectivity index is 1.43. The van der Waals surface area contributed by atoms with E-state index in [-0.39, 0.29) is 13.2 Å². The van der Waals surface area contributed by atoms with Crippen molar-refractivity contribution in [2.75, 3.05) is 26.4 Å². The number of amides is 3. The van der Waals surface area contributed by atoms with E-state index in [1.54, 1.807) is 25.1 Å². The summed E-state index contributed by atoms with van der Waals surface area (Å²) in [5.41, 5.74) is -0.755. The number of carbonyl (C=O) groups is 2. The summed E-state index contributed by atoms with van der Waals surface area (Å²) in [6, 6.07) is 9.77. The van der Waals surface area contributed by atoms with Gasteiger partial charge in [0.1, 0.15) is 43.0 Å². The highest BCUT2D eigenvalue weighted by Crippen LogP contribution is 2.36. The number of ether oxygens (including phenoxy) is 3. The van der Waals surface area contributed by atoms with Crippen molar-refractivity contribution in [3.05, 3.63) is 53.8 Å². The van der Waals surface area contributed by atoms with Gasteiger partial charge in [-0.2, -0.15) is 0 Å². The molecule has 0 radical (unpaired) electrons. The van der Waals surface area contributed by atoms with Crippen molar-refractivity contribution in [3.8, 4) is 17.2 Å². The Kier molecular flexibility index (Phi) is 5.21. The van der Waals surface area contributed by atoms with Crippen molar-refractivity contribution in [1.29, 1.82) is 0 Å². The van der Waals surface area contributed by atoms with Gasteiger partial charge < -0.3 is 24.6 Å². The summed E-state index contributed by atoms with van der Waals surface area (Å²) in [7, 11) is 0. The van der Waals surface area contributed by atoms with Gasteiger partial charge in [0, 0.05) is 0 Å². The van der Waals surface area contributed by atoms with Crippen molar-refractivity contribution in [3.63, 3.8) is 0 Å². The van der Waals surface area contributed by atoms with E-state index in [9.17, 15) is 19.1 Å². The monoisotopic (exact) mass is 416 g/mol. The molecular weight excluding hydrogens is 395 g/mol. The first-order valence-corrected chi connectivity index (χ1v) is 9.47. The zero-order valence-corrected chi connectivity index (χ0v) is 16.3. The van der Waals surface area contributed by atoms with Gasteiger partial charge >= 0.3 is 6.03 Å². The molecule has 0 spiro atoms. The maximum absolute atomic E-state index is 13.0. The number of fused-ring (bicyclic) bond motifs is 1. The first-order valence-electron chi connectivity index (χ1n) is 9.47. The second-order valence-electron chi connectivity index (χ2n) is 7.25. The molecule has 0 aromatic heterocycles. The van der Waals surface area contributed by atoms with Crippen LogP contribution in [0.2, 0.25) is 0 Å². The fourth-order valence-corrected chi connectivity index (χ4v) is 3.40. The zero-order valence-electron chi connectivity index (χ0n) is 16.3. The van der Waals surface area contributed by atoms with Crippen molar-refractivity contribution >= 4 is 11.9 Å². The molecule has 2 heterocycles. The van der Waals surface area contributed by atoms with Crippen molar-refractivity contribution in [2.24, 2.45) is 0 Å². The van der Waals surface area contributed by atoms with Crippen LogP contribution in [-0.2, 0) is 10.3 Å². The Labute approximate surface area is 172 Å². The molecule has 158 valence electrons. The maximum atomic E-state index is 13.0. The number of imide groups is 1. The number of β-amino-alcohol motifs (C(OH)–C–C–N with tert-alkyl or cyclic N) is 1. The Bertz CT molecular complexity index is 966. The molecule has 2 aliphatic heterocycles. The zero-order chi connectivity index (χ0) is 21.3. The van der Waals surface area contributed by atoms with Crippen LogP contribution in [0.15, 0.2) is 42.5 Å². The second kappa shape index (κ2) is 7.83. The number of halogens is 1. The van der Waals surface area contributed by atoms with Crippen LogP contribution in [0.3, 0.4) is 0 Å². The van der Waals surface area contributed by atoms with Gasteiger partial charge in [-0.05, 0) is 48.9 Å². The van der Waals surface area contributed by atoms with Crippen molar-refractivity contribution < 1.29 is 33.3 Å². The van der Waals surface area contributed by atoms with E-state index >= 15 is 0 Å². The summed E-state index contributed by atoms with van der Waals surface area (Å²) >= 11 is 0. The lowest BCUT2D eigenvalue weighted by Crippen LogP contribution is -2.42. The number of carbonyl (C=O) groups excluding carboxylic acids is 2. The van der Waals surface area contributed by atoms with Crippen LogP contribution in [0.1, 0.15) is 12.5 Å². The number of urea groups is 1. The SMILES string of the molecule is CC1(c2ccc3c(c2)OCCO3)NC(=O)N(CC(O)COc2ccc(F)cc2)C1=O. The molecule has 30 heavy (non-hydrogen) atoms. The average Bonchev–Trinajstić information content (AvgIpc) is 2.97. The summed E-state index contributed by atoms with van der Waals surface area (Å²) in [5, 5.41) is 12.9. The van der Waals surface area contributed by atoms with E-state index in [2.05, 4.69) is 5.32 Å². The lowest BCUT2D eigenvalue weighted by atomic mass is 9.91. The highest BCUT2D eigenvalue weighted by Gasteiger charge is 2.49. The third-order valence-corrected chi connectivity index (χ3v) is 5.04. The Morgan fingerprint density at radius 2 is 1.87 bits per heavy atom. The minimum absolute atomic E-state index is 0.163. The number of nitrogens with zero attached hydrogens (tertiary/aromatic N) is 1. The molecule has 3 amide bonds. The molecule has 1 saturated heterocycles. The van der Waals surface area contributed by atoms with Crippen LogP contribution in [0.4, 0.5) is 9.18 Å². The van der Waals surface area contributed by atoms with Crippen LogP contribution in [0.25, 0.3) is 0 Å². The third-order valence-electron chi connectivity index (χ3n) is 5.04. The van der Waals surface area contributed by atoms with Crippen LogP contribution in [0.5, 0.6) is 17.2 Å². The number of rotatable bonds is 6. The van der Waals surface area contributed by atoms with Crippen molar-refractivity contribution in [1.82, 2.24) is 10.2 Å². The van der Waals surface area contributed by atoms with Gasteiger partial charge in [0.15, 0.2) is 11.5 Å². The Morgan fingerprint density at radius 3 is 2.60 bits per heavy atom. The number of hydrogen-bond donors (Lipinski definition) is 2. The fourth-order valence-electron chi connectivity index (χ4n) is 3.40. The first-order chi connectivity index (χ1) is 14.4. The smallest absolute Gasteiger partial charge is 0.325 e. The molecule has 9 heteroatoms. The standard InChI is InChI=1S/C21H21FN2O6/c1-21(13-2-7-17-18(10-13)29-9-8-28-17)19(26)24(20(27)23-21)11-15(25)12-30-16-5-3-14(22)4-6-16/h2-7,10,15,25H,8-9,11-12H2,1H3,(H,23,27). The molecule has 8 nitrogen and oxygen atoms in total. The number of aliphatic hydroxyl groups excluding tert-OH is 1. The maximum Gasteiger partial charge on any atom is 0.325 e. The summed E-state index contributed by atoms with van der Waals surface area (Å²) in [6.07, 6.45) is -1.12. The molecule has 2 unspecified atom stereocenters. The van der Waals surface area contributed by atoms with Gasteiger partial charge in [-0.25, -0.2) is 9.18 Å². The van der Waals surface area contributed by atoms with Crippen molar-refractivity contribution in [2.45, 2.75) is 18.6 Å². The molecule has 1 fully saturated rings. The van der Waals surface area contributed by atoms with E-state index in [1.807, 2.05) is 0 Å². The third kappa shape index (κ3) is 3.76. The Hall–Kier alpha value is -3.33.